The van der Waals surface area contributed by atoms with Gasteiger partial charge in [0.1, 0.15) is 5.88 Å². The maximum absolute atomic E-state index is 11.6. The Morgan fingerprint density at radius 1 is 1.31 bits per heavy atom. The van der Waals surface area contributed by atoms with Crippen molar-refractivity contribution in [3.8, 4) is 6.01 Å². The second-order valence-corrected chi connectivity index (χ2v) is 8.09. The minimum absolute atomic E-state index is 0.0249. The number of hydrogen-bond donors (Lipinski definition) is 0. The molecule has 0 N–H and O–H groups in total. The number of rotatable bonds is 5. The third-order valence-electron chi connectivity index (χ3n) is 5.37. The topological polar surface area (TPSA) is 73.8 Å². The minimum Gasteiger partial charge on any atom is -0.463 e. The van der Waals surface area contributed by atoms with E-state index in [1.54, 1.807) is 17.3 Å². The average molecular weight is 382 g/mol. The molecule has 142 valence electrons. The summed E-state index contributed by atoms with van der Waals surface area (Å²) in [5.41, 5.74) is -0.0423. The van der Waals surface area contributed by atoms with E-state index in [1.807, 2.05) is 27.7 Å². The maximum Gasteiger partial charge on any atom is 0.498 e. The molecule has 2 fully saturated rings. The van der Waals surface area contributed by atoms with Crippen molar-refractivity contribution in [1.82, 2.24) is 14.9 Å². The number of nitrogens with zero attached hydrogens (tertiary/aromatic N) is 3. The minimum atomic E-state index is -0.487. The van der Waals surface area contributed by atoms with Crippen LogP contribution in [0.3, 0.4) is 0 Å². The van der Waals surface area contributed by atoms with Gasteiger partial charge in [-0.15, -0.1) is 11.6 Å². The van der Waals surface area contributed by atoms with Crippen molar-refractivity contribution in [2.24, 2.45) is 5.92 Å². The first-order chi connectivity index (χ1) is 12.2. The molecular formula is C17H25BClN3O4. The number of hydrogen-bond acceptors (Lipinski definition) is 6. The number of aromatic nitrogens is 2. The van der Waals surface area contributed by atoms with Crippen molar-refractivity contribution in [3.63, 3.8) is 0 Å². The number of alkyl halides is 1. The lowest BCUT2D eigenvalue weighted by atomic mass is 9.81. The van der Waals surface area contributed by atoms with Crippen LogP contribution in [-0.4, -0.2) is 64.7 Å². The summed E-state index contributed by atoms with van der Waals surface area (Å²) in [7, 11) is -0.487. The Hall–Kier alpha value is -1.38. The van der Waals surface area contributed by atoms with E-state index in [0.717, 1.165) is 18.4 Å². The lowest BCUT2D eigenvalue weighted by molar-refractivity contribution is -0.127. The van der Waals surface area contributed by atoms with Crippen molar-refractivity contribution in [2.45, 2.75) is 45.3 Å². The van der Waals surface area contributed by atoms with Crippen LogP contribution in [-0.2, 0) is 14.1 Å². The molecule has 1 amide bonds. The summed E-state index contributed by atoms with van der Waals surface area (Å²) in [5.74, 6) is 0.266. The van der Waals surface area contributed by atoms with Gasteiger partial charge in [0.2, 0.25) is 5.91 Å². The fraction of sp³-hybridized carbons (Fsp3) is 0.706. The fourth-order valence-corrected chi connectivity index (χ4v) is 3.14. The quantitative estimate of drug-likeness (QED) is 0.564. The van der Waals surface area contributed by atoms with Crippen LogP contribution < -0.4 is 10.2 Å². The van der Waals surface area contributed by atoms with Crippen LogP contribution >= 0.6 is 11.6 Å². The summed E-state index contributed by atoms with van der Waals surface area (Å²) in [6, 6.07) is 0.312. The SMILES string of the molecule is CC1(C)OB(c2cnc(OC[C@@H]3CCN(C(=O)CCl)C3)nc2)OC1(C)C. The second-order valence-electron chi connectivity index (χ2n) is 7.83. The molecule has 0 aliphatic carbocycles. The van der Waals surface area contributed by atoms with E-state index in [0.29, 0.717) is 19.2 Å². The van der Waals surface area contributed by atoms with Gasteiger partial charge in [-0.05, 0) is 34.1 Å². The summed E-state index contributed by atoms with van der Waals surface area (Å²) >= 11 is 5.59. The number of likely N-dealkylation sites (tertiary alicyclic amines) is 1. The number of carbonyl (C=O) groups is 1. The van der Waals surface area contributed by atoms with Gasteiger partial charge in [-0.1, -0.05) is 0 Å². The van der Waals surface area contributed by atoms with Gasteiger partial charge >= 0.3 is 13.1 Å². The Morgan fingerprint density at radius 3 is 2.50 bits per heavy atom. The number of halogens is 1. The van der Waals surface area contributed by atoms with E-state index in [-0.39, 0.29) is 17.7 Å². The highest BCUT2D eigenvalue weighted by Crippen LogP contribution is 2.36. The van der Waals surface area contributed by atoms with Crippen molar-refractivity contribution in [2.75, 3.05) is 25.6 Å². The molecule has 1 aromatic rings. The van der Waals surface area contributed by atoms with Gasteiger partial charge < -0.3 is 18.9 Å². The largest absolute Gasteiger partial charge is 0.498 e. The van der Waals surface area contributed by atoms with Crippen LogP contribution in [0.5, 0.6) is 6.01 Å². The van der Waals surface area contributed by atoms with Gasteiger partial charge in [-0.25, -0.2) is 9.97 Å². The summed E-state index contributed by atoms with van der Waals surface area (Å²) in [6.07, 6.45) is 4.24. The molecule has 0 unspecified atom stereocenters. The molecule has 0 saturated carbocycles. The lowest BCUT2D eigenvalue weighted by Gasteiger charge is -2.32. The molecule has 0 aromatic carbocycles. The molecule has 26 heavy (non-hydrogen) atoms. The summed E-state index contributed by atoms with van der Waals surface area (Å²) in [5, 5.41) is 0. The van der Waals surface area contributed by atoms with Gasteiger partial charge in [0.25, 0.3) is 0 Å². The number of carbonyl (C=O) groups excluding carboxylic acids is 1. The summed E-state index contributed by atoms with van der Waals surface area (Å²) in [6.45, 7) is 9.88. The Labute approximate surface area is 159 Å². The Morgan fingerprint density at radius 2 is 1.92 bits per heavy atom. The van der Waals surface area contributed by atoms with Gasteiger partial charge in [-0.2, -0.15) is 0 Å². The zero-order valence-electron chi connectivity index (χ0n) is 15.7. The smallest absolute Gasteiger partial charge is 0.463 e. The highest BCUT2D eigenvalue weighted by atomic mass is 35.5. The predicted molar refractivity (Wildman–Crippen MR) is 98.7 cm³/mol. The fourth-order valence-electron chi connectivity index (χ4n) is 2.97. The van der Waals surface area contributed by atoms with E-state index >= 15 is 0 Å². The molecule has 9 heteroatoms. The Balaban J connectivity index is 1.52. The van der Waals surface area contributed by atoms with E-state index in [1.165, 1.54) is 0 Å². The molecule has 1 atom stereocenters. The predicted octanol–water partition coefficient (Wildman–Crippen LogP) is 1.24. The summed E-state index contributed by atoms with van der Waals surface area (Å²) < 4.78 is 17.6. The van der Waals surface area contributed by atoms with Gasteiger partial charge in [-0.3, -0.25) is 4.79 Å². The molecule has 1 aromatic heterocycles. The first-order valence-corrected chi connectivity index (χ1v) is 9.39. The van der Waals surface area contributed by atoms with Crippen molar-refractivity contribution in [3.05, 3.63) is 12.4 Å². The molecule has 2 aliphatic heterocycles. The highest BCUT2D eigenvalue weighted by Gasteiger charge is 2.52. The molecule has 0 bridgehead atoms. The normalized spacial score (nSPS) is 24.1. The van der Waals surface area contributed by atoms with Crippen LogP contribution in [0.2, 0.25) is 0 Å². The highest BCUT2D eigenvalue weighted by molar-refractivity contribution is 6.61. The van der Waals surface area contributed by atoms with Crippen molar-refractivity contribution < 1.29 is 18.8 Å². The standard InChI is InChI=1S/C17H25BClN3O4/c1-16(2)17(3,4)26-18(25-16)13-8-20-15(21-9-13)24-11-12-5-6-22(10-12)14(23)7-19/h8-9,12H,5-7,10-11H2,1-4H3/t12-/m1/s1. The molecule has 7 nitrogen and oxygen atoms in total. The molecule has 3 heterocycles. The Bertz CT molecular complexity index is 640. The lowest BCUT2D eigenvalue weighted by Crippen LogP contribution is -2.41. The molecule has 2 aliphatic rings. The van der Waals surface area contributed by atoms with Crippen molar-refractivity contribution >= 4 is 30.1 Å². The van der Waals surface area contributed by atoms with Crippen LogP contribution in [0.1, 0.15) is 34.1 Å². The molecule has 3 rings (SSSR count). The third kappa shape index (κ3) is 3.97. The first kappa shape index (κ1) is 19.4. The second kappa shape index (κ2) is 7.33. The number of amides is 1. The zero-order chi connectivity index (χ0) is 18.9. The van der Waals surface area contributed by atoms with Gasteiger partial charge in [0, 0.05) is 36.9 Å². The van der Waals surface area contributed by atoms with E-state index in [4.69, 9.17) is 25.6 Å². The summed E-state index contributed by atoms with van der Waals surface area (Å²) in [4.78, 5) is 21.9. The number of ether oxygens (including phenoxy) is 1. The van der Waals surface area contributed by atoms with Crippen LogP contribution in [0.25, 0.3) is 0 Å². The Kier molecular flexibility index (Phi) is 5.46. The first-order valence-electron chi connectivity index (χ1n) is 8.86. The monoisotopic (exact) mass is 381 g/mol. The maximum atomic E-state index is 11.6. The molecular weight excluding hydrogens is 356 g/mol. The molecule has 0 radical (unpaired) electrons. The van der Waals surface area contributed by atoms with Crippen LogP contribution in [0.4, 0.5) is 0 Å². The van der Waals surface area contributed by atoms with Crippen molar-refractivity contribution in [1.29, 1.82) is 0 Å². The molecule has 0 spiro atoms. The van der Waals surface area contributed by atoms with E-state index < -0.39 is 18.3 Å². The average Bonchev–Trinajstić information content (AvgIpc) is 3.15. The molecule has 2 saturated heterocycles. The van der Waals surface area contributed by atoms with Gasteiger partial charge in [0.05, 0.1) is 17.8 Å². The van der Waals surface area contributed by atoms with Crippen LogP contribution in [0, 0.1) is 5.92 Å². The van der Waals surface area contributed by atoms with E-state index in [2.05, 4.69) is 9.97 Å². The zero-order valence-corrected chi connectivity index (χ0v) is 16.5. The van der Waals surface area contributed by atoms with E-state index in [9.17, 15) is 4.79 Å². The van der Waals surface area contributed by atoms with Crippen LogP contribution in [0.15, 0.2) is 12.4 Å². The van der Waals surface area contributed by atoms with Gasteiger partial charge in [0.15, 0.2) is 0 Å². The third-order valence-corrected chi connectivity index (χ3v) is 5.60.